The Hall–Kier alpha value is -2.97. The van der Waals surface area contributed by atoms with Crippen molar-refractivity contribution < 1.29 is 4.79 Å². The lowest BCUT2D eigenvalue weighted by atomic mass is 9.85. The normalized spacial score (nSPS) is 16.2. The number of hydrogen-bond acceptors (Lipinski definition) is 5. The zero-order chi connectivity index (χ0) is 19.4. The van der Waals surface area contributed by atoms with Crippen LogP contribution < -0.4 is 5.32 Å². The van der Waals surface area contributed by atoms with Crippen LogP contribution in [-0.2, 0) is 4.79 Å². The summed E-state index contributed by atoms with van der Waals surface area (Å²) in [7, 11) is 0. The van der Waals surface area contributed by atoms with Gasteiger partial charge in [0.2, 0.25) is 5.91 Å². The van der Waals surface area contributed by atoms with Crippen molar-refractivity contribution in [3.63, 3.8) is 0 Å². The number of amides is 1. The molecule has 4 heterocycles. The van der Waals surface area contributed by atoms with Crippen LogP contribution in [0.4, 0.5) is 5.82 Å². The van der Waals surface area contributed by atoms with Gasteiger partial charge in [0.25, 0.3) is 0 Å². The molecule has 0 radical (unpaired) electrons. The second-order valence-electron chi connectivity index (χ2n) is 6.52. The van der Waals surface area contributed by atoms with Crippen molar-refractivity contribution in [1.29, 1.82) is 0 Å². The summed E-state index contributed by atoms with van der Waals surface area (Å²) in [5.74, 6) is 0.662. The number of fused-ring (bicyclic) bond motifs is 2. The largest absolute Gasteiger partial charge is 0.310 e. The molecule has 8 nitrogen and oxygen atoms in total. The zero-order valence-electron chi connectivity index (χ0n) is 14.6. The van der Waals surface area contributed by atoms with E-state index in [0.29, 0.717) is 27.3 Å². The molecule has 1 N–H and O–H groups in total. The topological polar surface area (TPSA) is 90.0 Å². The van der Waals surface area contributed by atoms with E-state index < -0.39 is 0 Å². The lowest BCUT2D eigenvalue weighted by Crippen LogP contribution is -2.25. The minimum absolute atomic E-state index is 0.139. The van der Waals surface area contributed by atoms with E-state index in [9.17, 15) is 4.79 Å². The number of nitrogens with one attached hydrogen (secondary N) is 1. The number of carbonyl (C=O) groups excluding carboxylic acids is 1. The number of aromatic nitrogens is 6. The van der Waals surface area contributed by atoms with Gasteiger partial charge in [-0.2, -0.15) is 14.3 Å². The maximum absolute atomic E-state index is 12.5. The Balaban J connectivity index is 1.71. The minimum Gasteiger partial charge on any atom is -0.310 e. The molecule has 1 aliphatic heterocycles. The fraction of sp³-hybridized carbons (Fsp3) is 0.167. The molecule has 3 aromatic heterocycles. The summed E-state index contributed by atoms with van der Waals surface area (Å²) in [4.78, 5) is 12.5. The summed E-state index contributed by atoms with van der Waals surface area (Å²) in [6.07, 6.45) is 1.74. The van der Waals surface area contributed by atoms with Crippen LogP contribution in [0.2, 0.25) is 10.0 Å². The summed E-state index contributed by atoms with van der Waals surface area (Å²) < 4.78 is 3.16. The SMILES string of the molecule is Cc1nn(-c2ccc3nncn3n2)c2c1[C@@H](c1c(Cl)cccc1Cl)CC(=O)N2. The first-order valence-corrected chi connectivity index (χ1v) is 9.29. The highest BCUT2D eigenvalue weighted by Crippen LogP contribution is 2.44. The molecule has 0 unspecified atom stereocenters. The standard InChI is InChI=1S/C18H13Cl2N7O/c1-9-16-10(17-11(19)3-2-4-12(17)20)7-15(28)22-18(16)27(24-9)14-6-5-13-23-21-8-26(13)25-14/h2-6,8,10H,7H2,1H3,(H,22,28)/t10-/m0/s1. The van der Waals surface area contributed by atoms with E-state index in [-0.39, 0.29) is 18.2 Å². The van der Waals surface area contributed by atoms with Gasteiger partial charge in [0.15, 0.2) is 11.5 Å². The van der Waals surface area contributed by atoms with E-state index in [2.05, 4.69) is 25.7 Å². The second kappa shape index (κ2) is 6.29. The van der Waals surface area contributed by atoms with Gasteiger partial charge < -0.3 is 5.32 Å². The maximum Gasteiger partial charge on any atom is 0.226 e. The Kier molecular flexibility index (Phi) is 3.85. The van der Waals surface area contributed by atoms with E-state index in [1.165, 1.54) is 6.33 Å². The molecule has 0 aliphatic carbocycles. The predicted octanol–water partition coefficient (Wildman–Crippen LogP) is 3.40. The Morgan fingerprint density at radius 3 is 2.68 bits per heavy atom. The van der Waals surface area contributed by atoms with Gasteiger partial charge in [-0.25, -0.2) is 0 Å². The first kappa shape index (κ1) is 17.2. The molecule has 140 valence electrons. The zero-order valence-corrected chi connectivity index (χ0v) is 16.1. The molecule has 1 atom stereocenters. The monoisotopic (exact) mass is 413 g/mol. The summed E-state index contributed by atoms with van der Waals surface area (Å²) in [5.41, 5.74) is 2.99. The quantitative estimate of drug-likeness (QED) is 0.543. The summed E-state index contributed by atoms with van der Waals surface area (Å²) in [6.45, 7) is 1.89. The molecule has 5 rings (SSSR count). The Labute approximate surface area is 169 Å². The van der Waals surface area contributed by atoms with Crippen LogP contribution in [0.1, 0.15) is 29.2 Å². The molecule has 0 spiro atoms. The van der Waals surface area contributed by atoms with Crippen molar-refractivity contribution >= 4 is 40.6 Å². The van der Waals surface area contributed by atoms with Crippen LogP contribution in [0.3, 0.4) is 0 Å². The maximum atomic E-state index is 12.5. The molecular formula is C18H13Cl2N7O. The van der Waals surface area contributed by atoms with E-state index in [1.54, 1.807) is 39.5 Å². The Morgan fingerprint density at radius 1 is 1.11 bits per heavy atom. The predicted molar refractivity (Wildman–Crippen MR) is 104 cm³/mol. The highest BCUT2D eigenvalue weighted by atomic mass is 35.5. The van der Waals surface area contributed by atoms with Gasteiger partial charge in [-0.3, -0.25) is 4.79 Å². The van der Waals surface area contributed by atoms with Crippen LogP contribution in [0.5, 0.6) is 0 Å². The van der Waals surface area contributed by atoms with Crippen molar-refractivity contribution in [2.75, 3.05) is 5.32 Å². The van der Waals surface area contributed by atoms with E-state index in [0.717, 1.165) is 16.8 Å². The van der Waals surface area contributed by atoms with Crippen LogP contribution in [0.15, 0.2) is 36.7 Å². The van der Waals surface area contributed by atoms with Gasteiger partial charge in [-0.05, 0) is 36.8 Å². The third-order valence-electron chi connectivity index (χ3n) is 4.82. The fourth-order valence-electron chi connectivity index (χ4n) is 3.63. The van der Waals surface area contributed by atoms with Crippen LogP contribution in [0, 0.1) is 6.92 Å². The minimum atomic E-state index is -0.294. The van der Waals surface area contributed by atoms with Gasteiger partial charge in [0.05, 0.1) is 5.69 Å². The molecule has 4 aromatic rings. The van der Waals surface area contributed by atoms with Gasteiger partial charge in [-0.15, -0.1) is 15.3 Å². The van der Waals surface area contributed by atoms with Crippen molar-refractivity contribution in [3.8, 4) is 5.82 Å². The number of aryl methyl sites for hydroxylation is 1. The average molecular weight is 414 g/mol. The van der Waals surface area contributed by atoms with Gasteiger partial charge in [0, 0.05) is 27.9 Å². The number of carbonyl (C=O) groups is 1. The van der Waals surface area contributed by atoms with Gasteiger partial charge in [-0.1, -0.05) is 29.3 Å². The number of nitrogens with zero attached hydrogens (tertiary/aromatic N) is 6. The molecule has 1 aromatic carbocycles. The molecule has 0 bridgehead atoms. The van der Waals surface area contributed by atoms with Crippen LogP contribution >= 0.6 is 23.2 Å². The van der Waals surface area contributed by atoms with Crippen molar-refractivity contribution in [2.45, 2.75) is 19.3 Å². The molecule has 0 fully saturated rings. The number of hydrogen-bond donors (Lipinski definition) is 1. The average Bonchev–Trinajstić information content (AvgIpc) is 3.25. The number of anilines is 1. The number of rotatable bonds is 2. The molecule has 28 heavy (non-hydrogen) atoms. The first-order valence-electron chi connectivity index (χ1n) is 8.53. The van der Waals surface area contributed by atoms with Crippen molar-refractivity contribution in [3.05, 3.63) is 63.5 Å². The first-order chi connectivity index (χ1) is 13.5. The number of benzene rings is 1. The smallest absolute Gasteiger partial charge is 0.226 e. The molecule has 10 heteroatoms. The molecule has 1 amide bonds. The molecule has 0 saturated carbocycles. The Morgan fingerprint density at radius 2 is 1.89 bits per heavy atom. The summed E-state index contributed by atoms with van der Waals surface area (Å²) in [6, 6.07) is 8.89. The Bertz CT molecular complexity index is 1230. The lowest BCUT2D eigenvalue weighted by Gasteiger charge is -2.25. The van der Waals surface area contributed by atoms with Crippen LogP contribution in [-0.4, -0.2) is 35.5 Å². The second-order valence-corrected chi connectivity index (χ2v) is 7.34. The van der Waals surface area contributed by atoms with Gasteiger partial charge in [0.1, 0.15) is 12.1 Å². The van der Waals surface area contributed by atoms with Gasteiger partial charge >= 0.3 is 0 Å². The fourth-order valence-corrected chi connectivity index (χ4v) is 4.30. The van der Waals surface area contributed by atoms with E-state index in [4.69, 9.17) is 23.2 Å². The lowest BCUT2D eigenvalue weighted by molar-refractivity contribution is -0.116. The summed E-state index contributed by atoms with van der Waals surface area (Å²) in [5, 5.41) is 20.8. The van der Waals surface area contributed by atoms with Crippen LogP contribution in [0.25, 0.3) is 11.5 Å². The molecular weight excluding hydrogens is 401 g/mol. The third kappa shape index (κ3) is 2.56. The van der Waals surface area contributed by atoms with Crippen molar-refractivity contribution in [2.24, 2.45) is 0 Å². The number of halogens is 2. The highest BCUT2D eigenvalue weighted by Gasteiger charge is 2.35. The molecule has 1 aliphatic rings. The third-order valence-corrected chi connectivity index (χ3v) is 5.47. The highest BCUT2D eigenvalue weighted by molar-refractivity contribution is 6.36. The van der Waals surface area contributed by atoms with E-state index >= 15 is 0 Å². The van der Waals surface area contributed by atoms with Crippen molar-refractivity contribution in [1.82, 2.24) is 29.6 Å². The summed E-state index contributed by atoms with van der Waals surface area (Å²) >= 11 is 12.9. The molecule has 0 saturated heterocycles. The van der Waals surface area contributed by atoms with E-state index in [1.807, 2.05) is 6.92 Å².